The van der Waals surface area contributed by atoms with Crippen molar-refractivity contribution < 1.29 is 24.2 Å². The average Bonchev–Trinajstić information content (AvgIpc) is 3.25. The minimum Gasteiger partial charge on any atom is -0.480 e. The number of nitrogens with zero attached hydrogens (tertiary/aromatic N) is 2. The number of amides is 2. The summed E-state index contributed by atoms with van der Waals surface area (Å²) in [6.07, 6.45) is -0.0760. The number of rotatable bonds is 2. The van der Waals surface area contributed by atoms with Gasteiger partial charge in [-0.05, 0) is 44.0 Å². The molecule has 0 saturated heterocycles. The Labute approximate surface area is 174 Å². The van der Waals surface area contributed by atoms with Crippen LogP contribution in [-0.2, 0) is 27.2 Å². The van der Waals surface area contributed by atoms with Crippen LogP contribution in [0.5, 0.6) is 0 Å². The van der Waals surface area contributed by atoms with Crippen LogP contribution in [0.4, 0.5) is 16.2 Å². The maximum Gasteiger partial charge on any atom is 0.415 e. The smallest absolute Gasteiger partial charge is 0.415 e. The molecule has 2 aromatic carbocycles. The number of anilines is 2. The predicted molar refractivity (Wildman–Crippen MR) is 112 cm³/mol. The summed E-state index contributed by atoms with van der Waals surface area (Å²) in [6.45, 7) is 5.29. The molecule has 2 aromatic rings. The Hall–Kier alpha value is -3.35. The molecule has 2 atom stereocenters. The largest absolute Gasteiger partial charge is 0.480 e. The van der Waals surface area contributed by atoms with E-state index in [1.54, 1.807) is 45.0 Å². The highest BCUT2D eigenvalue weighted by molar-refractivity contribution is 6.10. The summed E-state index contributed by atoms with van der Waals surface area (Å²) in [5.41, 5.74) is 2.12. The molecule has 0 spiro atoms. The third-order valence-electron chi connectivity index (χ3n) is 5.35. The lowest BCUT2D eigenvalue weighted by molar-refractivity contribution is -0.140. The van der Waals surface area contributed by atoms with Gasteiger partial charge >= 0.3 is 12.1 Å². The molecule has 0 fully saturated rings. The first-order valence-electron chi connectivity index (χ1n) is 9.91. The van der Waals surface area contributed by atoms with E-state index in [2.05, 4.69) is 0 Å². The van der Waals surface area contributed by atoms with Crippen molar-refractivity contribution in [2.45, 2.75) is 51.3 Å². The number of carbonyl (C=O) groups excluding carboxylic acids is 2. The first-order valence-corrected chi connectivity index (χ1v) is 9.91. The van der Waals surface area contributed by atoms with Crippen LogP contribution in [0.3, 0.4) is 0 Å². The van der Waals surface area contributed by atoms with E-state index in [-0.39, 0.29) is 6.42 Å². The minimum atomic E-state index is -1.07. The molecule has 30 heavy (non-hydrogen) atoms. The molecule has 0 aliphatic carbocycles. The summed E-state index contributed by atoms with van der Waals surface area (Å²) in [7, 11) is 0. The molecule has 1 N–H and O–H groups in total. The molecule has 4 rings (SSSR count). The molecular weight excluding hydrogens is 384 g/mol. The van der Waals surface area contributed by atoms with Crippen molar-refractivity contribution in [1.29, 1.82) is 0 Å². The van der Waals surface area contributed by atoms with E-state index in [4.69, 9.17) is 4.74 Å². The molecule has 7 heteroatoms. The van der Waals surface area contributed by atoms with Crippen molar-refractivity contribution in [3.8, 4) is 0 Å². The zero-order valence-electron chi connectivity index (χ0n) is 17.2. The molecule has 0 aromatic heterocycles. The van der Waals surface area contributed by atoms with E-state index in [1.807, 2.05) is 24.3 Å². The third kappa shape index (κ3) is 3.40. The van der Waals surface area contributed by atoms with E-state index in [0.29, 0.717) is 17.8 Å². The van der Waals surface area contributed by atoms with Crippen LogP contribution in [0.2, 0.25) is 0 Å². The van der Waals surface area contributed by atoms with Crippen LogP contribution in [-0.4, -0.2) is 40.8 Å². The fourth-order valence-electron chi connectivity index (χ4n) is 4.14. The summed E-state index contributed by atoms with van der Waals surface area (Å²) >= 11 is 0. The Kier molecular flexibility index (Phi) is 4.76. The van der Waals surface area contributed by atoms with E-state index >= 15 is 0 Å². The van der Waals surface area contributed by atoms with Crippen LogP contribution in [0.15, 0.2) is 48.5 Å². The number of aliphatic carboxylic acids is 1. The Morgan fingerprint density at radius 1 is 0.867 bits per heavy atom. The molecule has 0 radical (unpaired) electrons. The quantitative estimate of drug-likeness (QED) is 0.823. The van der Waals surface area contributed by atoms with Crippen molar-refractivity contribution in [2.24, 2.45) is 0 Å². The van der Waals surface area contributed by atoms with Crippen LogP contribution in [0.25, 0.3) is 0 Å². The normalized spacial score (nSPS) is 20.0. The first kappa shape index (κ1) is 19.9. The summed E-state index contributed by atoms with van der Waals surface area (Å²) in [4.78, 5) is 41.3. The monoisotopic (exact) mass is 408 g/mol. The topological polar surface area (TPSA) is 87.2 Å². The minimum absolute atomic E-state index is 0.239. The van der Waals surface area contributed by atoms with Gasteiger partial charge in [-0.2, -0.15) is 0 Å². The van der Waals surface area contributed by atoms with Crippen molar-refractivity contribution in [3.63, 3.8) is 0 Å². The van der Waals surface area contributed by atoms with E-state index in [1.165, 1.54) is 9.80 Å². The Bertz CT molecular complexity index is 1030. The van der Waals surface area contributed by atoms with E-state index < -0.39 is 35.7 Å². The summed E-state index contributed by atoms with van der Waals surface area (Å²) in [5, 5.41) is 9.75. The number of carboxylic acid groups (broad SMARTS) is 1. The summed E-state index contributed by atoms with van der Waals surface area (Å²) < 4.78 is 5.57. The molecule has 7 nitrogen and oxygen atoms in total. The maximum atomic E-state index is 13.7. The van der Waals surface area contributed by atoms with Gasteiger partial charge in [-0.25, -0.2) is 9.59 Å². The number of hydrogen-bond acceptors (Lipinski definition) is 4. The Balaban J connectivity index is 1.73. The molecule has 156 valence electrons. The average molecular weight is 408 g/mol. The number of fused-ring (bicyclic) bond motifs is 2. The van der Waals surface area contributed by atoms with Gasteiger partial charge < -0.3 is 9.84 Å². The Morgan fingerprint density at radius 3 is 1.90 bits per heavy atom. The van der Waals surface area contributed by atoms with Gasteiger partial charge in [0.25, 0.3) is 5.91 Å². The zero-order valence-corrected chi connectivity index (χ0v) is 17.2. The van der Waals surface area contributed by atoms with Gasteiger partial charge in [-0.15, -0.1) is 0 Å². The fraction of sp³-hybridized carbons (Fsp3) is 0.348. The number of hydrogen-bond donors (Lipinski definition) is 1. The number of benzene rings is 2. The molecular formula is C23H24N2O5. The highest BCUT2D eigenvalue weighted by Gasteiger charge is 2.47. The van der Waals surface area contributed by atoms with E-state index in [9.17, 15) is 19.5 Å². The van der Waals surface area contributed by atoms with Gasteiger partial charge in [0, 0.05) is 18.5 Å². The Morgan fingerprint density at radius 2 is 1.37 bits per heavy atom. The van der Waals surface area contributed by atoms with Crippen LogP contribution < -0.4 is 9.80 Å². The van der Waals surface area contributed by atoms with Gasteiger partial charge in [0.15, 0.2) is 0 Å². The second-order valence-corrected chi connectivity index (χ2v) is 8.59. The zero-order chi connectivity index (χ0) is 21.6. The third-order valence-corrected chi connectivity index (χ3v) is 5.35. The standard InChI is InChI=1S/C23H24N2O5/c1-23(2,3)30-22(29)25-17-11-7-5-8-14(17)12-18(25)20(26)24-16-10-6-4-9-15(16)13-19(24)21(27)28/h4-11,18-19H,12-13H2,1-3H3,(H,27,28)/t18-,19-/m1/s1. The number of ether oxygens (including phenoxy) is 1. The van der Waals surface area contributed by atoms with Crippen LogP contribution >= 0.6 is 0 Å². The number of para-hydroxylation sites is 2. The molecule has 2 aliphatic rings. The molecule has 0 unspecified atom stereocenters. The lowest BCUT2D eigenvalue weighted by atomic mass is 10.1. The highest BCUT2D eigenvalue weighted by atomic mass is 16.6. The SMILES string of the molecule is CC(C)(C)OC(=O)N1c2ccccc2C[C@@H]1C(=O)N1c2ccccc2C[C@@H]1C(=O)O. The van der Waals surface area contributed by atoms with Crippen molar-refractivity contribution in [2.75, 3.05) is 9.80 Å². The number of carbonyl (C=O) groups is 3. The number of carboxylic acids is 1. The highest BCUT2D eigenvalue weighted by Crippen LogP contribution is 2.38. The van der Waals surface area contributed by atoms with Gasteiger partial charge in [0.1, 0.15) is 17.7 Å². The van der Waals surface area contributed by atoms with Crippen molar-refractivity contribution >= 4 is 29.3 Å². The van der Waals surface area contributed by atoms with Crippen molar-refractivity contribution in [3.05, 3.63) is 59.7 Å². The lowest BCUT2D eigenvalue weighted by Gasteiger charge is -2.32. The molecule has 2 aliphatic heterocycles. The first-order chi connectivity index (χ1) is 14.2. The predicted octanol–water partition coefficient (Wildman–Crippen LogP) is 3.40. The van der Waals surface area contributed by atoms with E-state index in [0.717, 1.165) is 11.1 Å². The van der Waals surface area contributed by atoms with Crippen molar-refractivity contribution in [1.82, 2.24) is 0 Å². The fourth-order valence-corrected chi connectivity index (χ4v) is 4.14. The van der Waals surface area contributed by atoms with Crippen LogP contribution in [0, 0.1) is 0 Å². The van der Waals surface area contributed by atoms with Gasteiger partial charge in [-0.3, -0.25) is 14.6 Å². The molecule has 0 saturated carbocycles. The molecule has 2 heterocycles. The van der Waals surface area contributed by atoms with Gasteiger partial charge in [0.05, 0.1) is 5.69 Å². The maximum absolute atomic E-state index is 13.7. The van der Waals surface area contributed by atoms with Gasteiger partial charge in [0.2, 0.25) is 0 Å². The second-order valence-electron chi connectivity index (χ2n) is 8.59. The van der Waals surface area contributed by atoms with Crippen LogP contribution in [0.1, 0.15) is 31.9 Å². The molecule has 2 amide bonds. The summed E-state index contributed by atoms with van der Waals surface area (Å²) in [5.74, 6) is -1.49. The summed E-state index contributed by atoms with van der Waals surface area (Å²) in [6, 6.07) is 12.6. The lowest BCUT2D eigenvalue weighted by Crippen LogP contribution is -2.54. The van der Waals surface area contributed by atoms with Gasteiger partial charge in [-0.1, -0.05) is 36.4 Å². The molecule has 0 bridgehead atoms. The second kappa shape index (κ2) is 7.16.